The molecule has 1 aliphatic heterocycles. The van der Waals surface area contributed by atoms with Gasteiger partial charge in [0.25, 0.3) is 5.91 Å². The second kappa shape index (κ2) is 5.79. The highest BCUT2D eigenvalue weighted by atomic mass is 16.5. The van der Waals surface area contributed by atoms with E-state index in [2.05, 4.69) is 15.6 Å². The number of carbonyl (C=O) groups excluding carboxylic acids is 1. The Hall–Kier alpha value is -1.62. The molecule has 2 atom stereocenters. The summed E-state index contributed by atoms with van der Waals surface area (Å²) in [5, 5.41) is 6.24. The van der Waals surface area contributed by atoms with Gasteiger partial charge >= 0.3 is 0 Å². The zero-order valence-corrected chi connectivity index (χ0v) is 12.6. The number of rotatable bonds is 4. The number of pyridine rings is 1. The highest BCUT2D eigenvalue weighted by Gasteiger charge is 2.38. The summed E-state index contributed by atoms with van der Waals surface area (Å²) in [5.74, 6) is 0.660. The topological polar surface area (TPSA) is 63.2 Å². The molecule has 0 aromatic carbocycles. The Bertz CT molecular complexity index is 504. The predicted octanol–water partition coefficient (Wildman–Crippen LogP) is 2.12. The van der Waals surface area contributed by atoms with Gasteiger partial charge < -0.3 is 15.4 Å². The summed E-state index contributed by atoms with van der Waals surface area (Å²) in [6.45, 7) is 9.38. The average molecular weight is 277 g/mol. The zero-order chi connectivity index (χ0) is 14.8. The van der Waals surface area contributed by atoms with E-state index in [0.717, 1.165) is 24.5 Å². The third-order valence-electron chi connectivity index (χ3n) is 3.86. The molecular formula is C15H23N3O2. The van der Waals surface area contributed by atoms with Crippen molar-refractivity contribution in [3.63, 3.8) is 0 Å². The maximum atomic E-state index is 12.4. The van der Waals surface area contributed by atoms with Gasteiger partial charge in [-0.25, -0.2) is 4.98 Å². The Balaban J connectivity index is 2.16. The van der Waals surface area contributed by atoms with Gasteiger partial charge in [-0.15, -0.1) is 0 Å². The number of aryl methyl sites for hydroxylation is 1. The summed E-state index contributed by atoms with van der Waals surface area (Å²) in [7, 11) is 0. The van der Waals surface area contributed by atoms with Crippen molar-refractivity contribution < 1.29 is 9.53 Å². The van der Waals surface area contributed by atoms with Crippen LogP contribution in [0.3, 0.4) is 0 Å². The van der Waals surface area contributed by atoms with Gasteiger partial charge in [0.05, 0.1) is 11.6 Å². The van der Waals surface area contributed by atoms with Gasteiger partial charge in [0, 0.05) is 24.4 Å². The number of aromatic nitrogens is 1. The SMILES string of the molecule is CCNc1cc(C(=O)NC2(C)CCOC2C)cc(C)n1. The van der Waals surface area contributed by atoms with E-state index in [-0.39, 0.29) is 17.6 Å². The van der Waals surface area contributed by atoms with Crippen LogP contribution in [0.1, 0.15) is 43.2 Å². The number of nitrogens with zero attached hydrogens (tertiary/aromatic N) is 1. The molecule has 20 heavy (non-hydrogen) atoms. The number of anilines is 1. The van der Waals surface area contributed by atoms with Crippen LogP contribution in [-0.4, -0.2) is 35.7 Å². The predicted molar refractivity (Wildman–Crippen MR) is 79.0 cm³/mol. The number of hydrogen-bond acceptors (Lipinski definition) is 4. The fourth-order valence-electron chi connectivity index (χ4n) is 2.40. The van der Waals surface area contributed by atoms with E-state index in [1.165, 1.54) is 0 Å². The highest BCUT2D eigenvalue weighted by molar-refractivity contribution is 5.95. The lowest BCUT2D eigenvalue weighted by atomic mass is 9.94. The molecule has 2 unspecified atom stereocenters. The minimum Gasteiger partial charge on any atom is -0.376 e. The molecule has 1 fully saturated rings. The molecule has 0 radical (unpaired) electrons. The molecule has 2 N–H and O–H groups in total. The van der Waals surface area contributed by atoms with Crippen molar-refractivity contribution in [2.75, 3.05) is 18.5 Å². The van der Waals surface area contributed by atoms with Crippen molar-refractivity contribution in [3.8, 4) is 0 Å². The molecule has 1 aromatic heterocycles. The largest absolute Gasteiger partial charge is 0.376 e. The zero-order valence-electron chi connectivity index (χ0n) is 12.6. The third-order valence-corrected chi connectivity index (χ3v) is 3.86. The molecule has 1 aromatic rings. The summed E-state index contributed by atoms with van der Waals surface area (Å²) >= 11 is 0. The summed E-state index contributed by atoms with van der Waals surface area (Å²) in [4.78, 5) is 16.8. The second-order valence-electron chi connectivity index (χ2n) is 5.55. The maximum Gasteiger partial charge on any atom is 0.251 e. The summed E-state index contributed by atoms with van der Waals surface area (Å²) < 4.78 is 5.55. The van der Waals surface area contributed by atoms with E-state index < -0.39 is 0 Å². The van der Waals surface area contributed by atoms with Gasteiger partial charge in [-0.05, 0) is 46.2 Å². The molecular weight excluding hydrogens is 254 g/mol. The average Bonchev–Trinajstić information content (AvgIpc) is 2.69. The van der Waals surface area contributed by atoms with E-state index >= 15 is 0 Å². The first-order valence-electron chi connectivity index (χ1n) is 7.11. The van der Waals surface area contributed by atoms with Crippen molar-refractivity contribution in [1.29, 1.82) is 0 Å². The van der Waals surface area contributed by atoms with Crippen molar-refractivity contribution in [2.45, 2.75) is 45.8 Å². The summed E-state index contributed by atoms with van der Waals surface area (Å²) in [6, 6.07) is 3.59. The van der Waals surface area contributed by atoms with Crippen LogP contribution in [0.5, 0.6) is 0 Å². The Morgan fingerprint density at radius 2 is 2.30 bits per heavy atom. The van der Waals surface area contributed by atoms with Crippen molar-refractivity contribution in [3.05, 3.63) is 23.4 Å². The summed E-state index contributed by atoms with van der Waals surface area (Å²) in [5.41, 5.74) is 1.16. The van der Waals surface area contributed by atoms with Crippen LogP contribution in [0.15, 0.2) is 12.1 Å². The van der Waals surface area contributed by atoms with Crippen LogP contribution in [0.2, 0.25) is 0 Å². The van der Waals surface area contributed by atoms with Crippen LogP contribution in [0.4, 0.5) is 5.82 Å². The number of ether oxygens (including phenoxy) is 1. The molecule has 2 heterocycles. The molecule has 110 valence electrons. The number of nitrogens with one attached hydrogen (secondary N) is 2. The lowest BCUT2D eigenvalue weighted by molar-refractivity contribution is 0.0727. The van der Waals surface area contributed by atoms with E-state index in [1.807, 2.05) is 27.7 Å². The summed E-state index contributed by atoms with van der Waals surface area (Å²) in [6.07, 6.45) is 0.868. The van der Waals surface area contributed by atoms with Crippen LogP contribution < -0.4 is 10.6 Å². The van der Waals surface area contributed by atoms with E-state index in [9.17, 15) is 4.79 Å². The standard InChI is InChI=1S/C15H23N3O2/c1-5-16-13-9-12(8-10(2)17-13)14(19)18-15(4)6-7-20-11(15)3/h8-9,11H,5-7H2,1-4H3,(H,16,17)(H,18,19). The monoisotopic (exact) mass is 277 g/mol. The molecule has 0 bridgehead atoms. The smallest absolute Gasteiger partial charge is 0.251 e. The molecule has 5 heteroatoms. The fourth-order valence-corrected chi connectivity index (χ4v) is 2.40. The first-order chi connectivity index (χ1) is 9.44. The Labute approximate surface area is 120 Å². The van der Waals surface area contributed by atoms with Crippen molar-refractivity contribution in [1.82, 2.24) is 10.3 Å². The first kappa shape index (κ1) is 14.8. The van der Waals surface area contributed by atoms with Crippen LogP contribution in [0, 0.1) is 6.92 Å². The lowest BCUT2D eigenvalue weighted by Gasteiger charge is -2.29. The van der Waals surface area contributed by atoms with E-state index in [4.69, 9.17) is 4.74 Å². The Morgan fingerprint density at radius 3 is 2.90 bits per heavy atom. The van der Waals surface area contributed by atoms with Crippen molar-refractivity contribution in [2.24, 2.45) is 0 Å². The van der Waals surface area contributed by atoms with Crippen LogP contribution >= 0.6 is 0 Å². The minimum absolute atomic E-state index is 0.0302. The molecule has 0 spiro atoms. The van der Waals surface area contributed by atoms with Crippen LogP contribution in [-0.2, 0) is 4.74 Å². The first-order valence-corrected chi connectivity index (χ1v) is 7.11. The number of carbonyl (C=O) groups is 1. The third kappa shape index (κ3) is 3.10. The normalized spacial score (nSPS) is 25.5. The fraction of sp³-hybridized carbons (Fsp3) is 0.600. The second-order valence-corrected chi connectivity index (χ2v) is 5.55. The maximum absolute atomic E-state index is 12.4. The van der Waals surface area contributed by atoms with Crippen molar-refractivity contribution >= 4 is 11.7 Å². The number of amides is 1. The van der Waals surface area contributed by atoms with E-state index in [0.29, 0.717) is 12.2 Å². The van der Waals surface area contributed by atoms with Crippen LogP contribution in [0.25, 0.3) is 0 Å². The van der Waals surface area contributed by atoms with Gasteiger partial charge in [-0.1, -0.05) is 0 Å². The highest BCUT2D eigenvalue weighted by Crippen LogP contribution is 2.25. The van der Waals surface area contributed by atoms with Gasteiger partial charge in [0.1, 0.15) is 5.82 Å². The van der Waals surface area contributed by atoms with Gasteiger partial charge in [0.15, 0.2) is 0 Å². The molecule has 0 saturated carbocycles. The molecule has 5 nitrogen and oxygen atoms in total. The molecule has 1 aliphatic rings. The molecule has 0 aliphatic carbocycles. The Morgan fingerprint density at radius 1 is 1.55 bits per heavy atom. The Kier molecular flexibility index (Phi) is 4.28. The quantitative estimate of drug-likeness (QED) is 0.885. The van der Waals surface area contributed by atoms with E-state index in [1.54, 1.807) is 12.1 Å². The minimum atomic E-state index is -0.299. The number of hydrogen-bond donors (Lipinski definition) is 2. The lowest BCUT2D eigenvalue weighted by Crippen LogP contribution is -2.50. The molecule has 2 rings (SSSR count). The van der Waals surface area contributed by atoms with Gasteiger partial charge in [-0.2, -0.15) is 0 Å². The molecule has 1 amide bonds. The molecule has 1 saturated heterocycles. The van der Waals surface area contributed by atoms with Gasteiger partial charge in [0.2, 0.25) is 0 Å². The van der Waals surface area contributed by atoms with Gasteiger partial charge in [-0.3, -0.25) is 4.79 Å².